The number of nitrogens with zero attached hydrogens (tertiary/aromatic N) is 2. The van der Waals surface area contributed by atoms with E-state index in [9.17, 15) is 18.0 Å². The van der Waals surface area contributed by atoms with Crippen LogP contribution in [-0.4, -0.2) is 61.7 Å². The average molecular weight is 428 g/mol. The van der Waals surface area contributed by atoms with Crippen LogP contribution in [0.5, 0.6) is 0 Å². The number of sulfonamides is 1. The van der Waals surface area contributed by atoms with E-state index < -0.39 is 10.0 Å². The van der Waals surface area contributed by atoms with Gasteiger partial charge in [0.15, 0.2) is 0 Å². The summed E-state index contributed by atoms with van der Waals surface area (Å²) in [4.78, 5) is 25.7. The molecule has 2 aliphatic rings. The first kappa shape index (κ1) is 21.1. The molecular weight excluding hydrogens is 402 g/mol. The van der Waals surface area contributed by atoms with Crippen molar-refractivity contribution in [3.63, 3.8) is 0 Å². The van der Waals surface area contributed by atoms with Crippen molar-refractivity contribution in [3.8, 4) is 0 Å². The molecule has 0 aromatic heterocycles. The number of halogens is 1. The number of carbonyl (C=O) groups excluding carboxylic acids is 2. The first-order chi connectivity index (χ1) is 13.3. The Balaban J connectivity index is 1.76. The molecule has 0 aliphatic carbocycles. The maximum Gasteiger partial charge on any atom is 0.253 e. The number of likely N-dealkylation sites (tertiary alicyclic amines) is 1. The highest BCUT2D eigenvalue weighted by Crippen LogP contribution is 2.28. The highest BCUT2D eigenvalue weighted by atomic mass is 35.5. The van der Waals surface area contributed by atoms with Crippen LogP contribution in [0.3, 0.4) is 0 Å². The van der Waals surface area contributed by atoms with Crippen LogP contribution >= 0.6 is 11.6 Å². The van der Waals surface area contributed by atoms with E-state index in [0.29, 0.717) is 44.6 Å². The molecule has 2 amide bonds. The molecule has 0 unspecified atom stereocenters. The molecule has 1 aromatic carbocycles. The van der Waals surface area contributed by atoms with Crippen molar-refractivity contribution < 1.29 is 18.0 Å². The summed E-state index contributed by atoms with van der Waals surface area (Å²) in [5.41, 5.74) is 0.318. The standard InChI is InChI=1S/C19H26ClN3O4S/c1-14(24)21-16-7-11-22(12-8-16)19(25)15-5-6-17(20)18(13-15)28(26,27)23-9-3-2-4-10-23/h5-6,13,16H,2-4,7-12H2,1H3,(H,21,24). The molecule has 154 valence electrons. The fourth-order valence-corrected chi connectivity index (χ4v) is 5.79. The van der Waals surface area contributed by atoms with Gasteiger partial charge in [0, 0.05) is 44.7 Å². The van der Waals surface area contributed by atoms with Gasteiger partial charge in [-0.3, -0.25) is 9.59 Å². The Morgan fingerprint density at radius 2 is 1.71 bits per heavy atom. The second-order valence-electron chi connectivity index (χ2n) is 7.38. The van der Waals surface area contributed by atoms with Gasteiger partial charge in [0.1, 0.15) is 4.90 Å². The lowest BCUT2D eigenvalue weighted by atomic mass is 10.0. The number of amides is 2. The molecule has 0 bridgehead atoms. The lowest BCUT2D eigenvalue weighted by molar-refractivity contribution is -0.119. The van der Waals surface area contributed by atoms with Gasteiger partial charge >= 0.3 is 0 Å². The van der Waals surface area contributed by atoms with Gasteiger partial charge in [-0.2, -0.15) is 4.31 Å². The summed E-state index contributed by atoms with van der Waals surface area (Å²) >= 11 is 6.19. The number of hydrogen-bond donors (Lipinski definition) is 1. The van der Waals surface area contributed by atoms with Crippen LogP contribution < -0.4 is 5.32 Å². The second-order valence-corrected chi connectivity index (χ2v) is 9.69. The molecule has 1 N–H and O–H groups in total. The normalized spacial score (nSPS) is 19.4. The summed E-state index contributed by atoms with van der Waals surface area (Å²) in [5, 5.41) is 3.01. The maximum atomic E-state index is 13.0. The number of piperidine rings is 2. The Kier molecular flexibility index (Phi) is 6.62. The molecule has 2 heterocycles. The van der Waals surface area contributed by atoms with Gasteiger partial charge in [-0.05, 0) is 43.9 Å². The smallest absolute Gasteiger partial charge is 0.253 e. The molecule has 0 spiro atoms. The summed E-state index contributed by atoms with van der Waals surface area (Å²) in [6, 6.07) is 4.52. The van der Waals surface area contributed by atoms with Crippen LogP contribution in [0, 0.1) is 0 Å². The van der Waals surface area contributed by atoms with E-state index in [1.165, 1.54) is 23.4 Å². The minimum Gasteiger partial charge on any atom is -0.353 e. The van der Waals surface area contributed by atoms with Crippen molar-refractivity contribution in [2.75, 3.05) is 26.2 Å². The minimum atomic E-state index is -3.72. The molecule has 3 rings (SSSR count). The molecule has 1 aromatic rings. The molecule has 7 nitrogen and oxygen atoms in total. The second kappa shape index (κ2) is 8.80. The first-order valence-electron chi connectivity index (χ1n) is 9.65. The van der Waals surface area contributed by atoms with Gasteiger partial charge in [-0.25, -0.2) is 8.42 Å². The van der Waals surface area contributed by atoms with Gasteiger partial charge in [0.2, 0.25) is 15.9 Å². The maximum absolute atomic E-state index is 13.0. The van der Waals surface area contributed by atoms with Crippen LogP contribution in [0.25, 0.3) is 0 Å². The molecule has 9 heteroatoms. The van der Waals surface area contributed by atoms with Crippen LogP contribution in [-0.2, 0) is 14.8 Å². The summed E-state index contributed by atoms with van der Waals surface area (Å²) in [6.07, 6.45) is 4.04. The van der Waals surface area contributed by atoms with Crippen molar-refractivity contribution in [3.05, 3.63) is 28.8 Å². The van der Waals surface area contributed by atoms with Crippen molar-refractivity contribution in [2.24, 2.45) is 0 Å². The molecular formula is C19H26ClN3O4S. The van der Waals surface area contributed by atoms with Crippen molar-refractivity contribution in [1.29, 1.82) is 0 Å². The zero-order chi connectivity index (χ0) is 20.3. The molecule has 28 heavy (non-hydrogen) atoms. The number of rotatable bonds is 4. The van der Waals surface area contributed by atoms with E-state index in [0.717, 1.165) is 19.3 Å². The fourth-order valence-electron chi connectivity index (χ4n) is 3.78. The zero-order valence-electron chi connectivity index (χ0n) is 16.0. The largest absolute Gasteiger partial charge is 0.353 e. The number of benzene rings is 1. The molecule has 0 saturated carbocycles. The Morgan fingerprint density at radius 3 is 2.32 bits per heavy atom. The predicted octanol–water partition coefficient (Wildman–Crippen LogP) is 2.26. The van der Waals surface area contributed by atoms with E-state index in [1.807, 2.05) is 0 Å². The third-order valence-electron chi connectivity index (χ3n) is 5.30. The van der Waals surface area contributed by atoms with E-state index in [2.05, 4.69) is 5.32 Å². The molecule has 2 fully saturated rings. The molecule has 2 aliphatic heterocycles. The molecule has 0 atom stereocenters. The summed E-state index contributed by atoms with van der Waals surface area (Å²) in [6.45, 7) is 3.47. The highest BCUT2D eigenvalue weighted by Gasteiger charge is 2.30. The van der Waals surface area contributed by atoms with Gasteiger partial charge < -0.3 is 10.2 Å². The average Bonchev–Trinajstić information content (AvgIpc) is 2.68. The third-order valence-corrected chi connectivity index (χ3v) is 7.68. The summed E-state index contributed by atoms with van der Waals surface area (Å²) in [5.74, 6) is -0.289. The fraction of sp³-hybridized carbons (Fsp3) is 0.579. The van der Waals surface area contributed by atoms with E-state index in [-0.39, 0.29) is 27.8 Å². The monoisotopic (exact) mass is 427 g/mol. The Morgan fingerprint density at radius 1 is 1.07 bits per heavy atom. The zero-order valence-corrected chi connectivity index (χ0v) is 17.6. The van der Waals surface area contributed by atoms with E-state index in [1.54, 1.807) is 11.0 Å². The summed E-state index contributed by atoms with van der Waals surface area (Å²) in [7, 11) is -3.72. The van der Waals surface area contributed by atoms with Gasteiger partial charge in [0.05, 0.1) is 5.02 Å². The van der Waals surface area contributed by atoms with Crippen LogP contribution in [0.4, 0.5) is 0 Å². The van der Waals surface area contributed by atoms with Gasteiger partial charge in [-0.1, -0.05) is 18.0 Å². The molecule has 2 saturated heterocycles. The highest BCUT2D eigenvalue weighted by molar-refractivity contribution is 7.89. The third kappa shape index (κ3) is 4.67. The first-order valence-corrected chi connectivity index (χ1v) is 11.5. The Bertz CT molecular complexity index is 845. The number of carbonyl (C=O) groups is 2. The van der Waals surface area contributed by atoms with E-state index in [4.69, 9.17) is 11.6 Å². The predicted molar refractivity (Wildman–Crippen MR) is 107 cm³/mol. The van der Waals surface area contributed by atoms with Crippen LogP contribution in [0.15, 0.2) is 23.1 Å². The molecule has 0 radical (unpaired) electrons. The van der Waals surface area contributed by atoms with Crippen molar-refractivity contribution in [1.82, 2.24) is 14.5 Å². The van der Waals surface area contributed by atoms with Crippen LogP contribution in [0.1, 0.15) is 49.4 Å². The van der Waals surface area contributed by atoms with Gasteiger partial charge in [0.25, 0.3) is 5.91 Å². The number of hydrogen-bond acceptors (Lipinski definition) is 4. The lowest BCUT2D eigenvalue weighted by Crippen LogP contribution is -2.46. The van der Waals surface area contributed by atoms with Gasteiger partial charge in [-0.15, -0.1) is 0 Å². The van der Waals surface area contributed by atoms with Crippen LogP contribution in [0.2, 0.25) is 5.02 Å². The number of nitrogens with one attached hydrogen (secondary N) is 1. The Labute approximate surface area is 171 Å². The quantitative estimate of drug-likeness (QED) is 0.798. The SMILES string of the molecule is CC(=O)NC1CCN(C(=O)c2ccc(Cl)c(S(=O)(=O)N3CCCCC3)c2)CC1. The van der Waals surface area contributed by atoms with Crippen molar-refractivity contribution in [2.45, 2.75) is 50.0 Å². The Hall–Kier alpha value is -1.64. The topological polar surface area (TPSA) is 86.8 Å². The minimum absolute atomic E-state index is 0.00458. The van der Waals surface area contributed by atoms with E-state index >= 15 is 0 Å². The summed E-state index contributed by atoms with van der Waals surface area (Å²) < 4.78 is 27.4. The lowest BCUT2D eigenvalue weighted by Gasteiger charge is -2.32. The van der Waals surface area contributed by atoms with Crippen molar-refractivity contribution >= 4 is 33.4 Å².